The van der Waals surface area contributed by atoms with E-state index in [1.807, 2.05) is 18.2 Å². The summed E-state index contributed by atoms with van der Waals surface area (Å²) in [5.41, 5.74) is 1.18. The molecular weight excluding hydrogens is 277 g/mol. The summed E-state index contributed by atoms with van der Waals surface area (Å²) in [7, 11) is 0. The van der Waals surface area contributed by atoms with E-state index >= 15 is 0 Å². The molecule has 1 aromatic rings. The molecular formula is C16H25Cl2N. The monoisotopic (exact) mass is 301 g/mol. The Bertz CT molecular complexity index is 375. The van der Waals surface area contributed by atoms with Crippen molar-refractivity contribution in [3.05, 3.63) is 33.8 Å². The van der Waals surface area contributed by atoms with E-state index in [0.29, 0.717) is 11.1 Å². The van der Waals surface area contributed by atoms with E-state index in [-0.39, 0.29) is 0 Å². The zero-order valence-electron chi connectivity index (χ0n) is 12.2. The molecule has 0 saturated heterocycles. The van der Waals surface area contributed by atoms with Gasteiger partial charge < -0.3 is 5.32 Å². The third-order valence-corrected chi connectivity index (χ3v) is 4.33. The lowest BCUT2D eigenvalue weighted by Crippen LogP contribution is -2.33. The summed E-state index contributed by atoms with van der Waals surface area (Å²) < 4.78 is 0. The molecule has 0 amide bonds. The summed E-state index contributed by atoms with van der Waals surface area (Å²) in [6, 6.07) is 6.29. The van der Waals surface area contributed by atoms with Gasteiger partial charge in [0.15, 0.2) is 0 Å². The molecule has 19 heavy (non-hydrogen) atoms. The first kappa shape index (κ1) is 16.8. The lowest BCUT2D eigenvalue weighted by molar-refractivity contribution is 0.367. The first-order valence-electron chi connectivity index (χ1n) is 7.27. The Balaban J connectivity index is 2.71. The summed E-state index contributed by atoms with van der Waals surface area (Å²) in [6.45, 7) is 7.69. The van der Waals surface area contributed by atoms with E-state index in [2.05, 4.69) is 26.1 Å². The average molecular weight is 302 g/mol. The first-order chi connectivity index (χ1) is 9.10. The van der Waals surface area contributed by atoms with Crippen molar-refractivity contribution >= 4 is 23.2 Å². The lowest BCUT2D eigenvalue weighted by atomic mass is 9.91. The molecule has 1 unspecified atom stereocenters. The van der Waals surface area contributed by atoms with E-state index in [1.165, 1.54) is 24.8 Å². The normalized spacial score (nSPS) is 12.9. The smallest absolute Gasteiger partial charge is 0.0453 e. The van der Waals surface area contributed by atoms with Gasteiger partial charge in [0.25, 0.3) is 0 Å². The predicted molar refractivity (Wildman–Crippen MR) is 86.3 cm³/mol. The lowest BCUT2D eigenvalue weighted by Gasteiger charge is -2.23. The third kappa shape index (κ3) is 5.72. The molecule has 0 aliphatic carbocycles. The van der Waals surface area contributed by atoms with E-state index < -0.39 is 0 Å². The first-order valence-corrected chi connectivity index (χ1v) is 8.03. The number of rotatable bonds is 8. The molecule has 0 bridgehead atoms. The Morgan fingerprint density at radius 3 is 2.32 bits per heavy atom. The van der Waals surface area contributed by atoms with Crippen molar-refractivity contribution < 1.29 is 0 Å². The molecule has 108 valence electrons. The van der Waals surface area contributed by atoms with Crippen LogP contribution in [-0.4, -0.2) is 12.6 Å². The fraction of sp³-hybridized carbons (Fsp3) is 0.625. The molecule has 1 N–H and O–H groups in total. The van der Waals surface area contributed by atoms with Crippen LogP contribution in [0.1, 0.15) is 45.6 Å². The van der Waals surface area contributed by atoms with Gasteiger partial charge >= 0.3 is 0 Å². The molecule has 0 heterocycles. The maximum Gasteiger partial charge on any atom is 0.0453 e. The van der Waals surface area contributed by atoms with Crippen LogP contribution < -0.4 is 5.32 Å². The second-order valence-corrected chi connectivity index (χ2v) is 5.96. The number of halogens is 2. The van der Waals surface area contributed by atoms with Crippen LogP contribution in [0.15, 0.2) is 18.2 Å². The number of likely N-dealkylation sites (N-methyl/N-ethyl adjacent to an activating group) is 1. The summed E-state index contributed by atoms with van der Waals surface area (Å²) in [5, 5.41) is 5.06. The van der Waals surface area contributed by atoms with Crippen molar-refractivity contribution in [3.8, 4) is 0 Å². The van der Waals surface area contributed by atoms with Crippen molar-refractivity contribution in [2.45, 2.75) is 52.5 Å². The van der Waals surface area contributed by atoms with Crippen molar-refractivity contribution in [3.63, 3.8) is 0 Å². The van der Waals surface area contributed by atoms with Crippen molar-refractivity contribution in [1.29, 1.82) is 0 Å². The number of nitrogens with one attached hydrogen (secondary N) is 1. The minimum Gasteiger partial charge on any atom is -0.314 e. The van der Waals surface area contributed by atoms with Gasteiger partial charge in [-0.3, -0.25) is 0 Å². The van der Waals surface area contributed by atoms with Crippen molar-refractivity contribution in [2.24, 2.45) is 5.92 Å². The molecule has 0 radical (unpaired) electrons. The molecule has 1 nitrogen and oxygen atoms in total. The fourth-order valence-corrected chi connectivity index (χ4v) is 2.99. The minimum atomic E-state index is 0.494. The van der Waals surface area contributed by atoms with E-state index in [1.54, 1.807) is 0 Å². The highest BCUT2D eigenvalue weighted by Gasteiger charge is 2.15. The molecule has 1 rings (SSSR count). The molecule has 3 heteroatoms. The number of benzene rings is 1. The highest BCUT2D eigenvalue weighted by atomic mass is 35.5. The largest absolute Gasteiger partial charge is 0.314 e. The Morgan fingerprint density at radius 1 is 1.11 bits per heavy atom. The van der Waals surface area contributed by atoms with Gasteiger partial charge in [0.1, 0.15) is 0 Å². The summed E-state index contributed by atoms with van der Waals surface area (Å²) >= 11 is 12.2. The van der Waals surface area contributed by atoms with Gasteiger partial charge in [-0.15, -0.1) is 0 Å². The maximum atomic E-state index is 6.27. The van der Waals surface area contributed by atoms with Gasteiger partial charge in [0, 0.05) is 16.1 Å². The summed E-state index contributed by atoms with van der Waals surface area (Å²) in [5.74, 6) is 0.787. The minimum absolute atomic E-state index is 0.494. The topological polar surface area (TPSA) is 12.0 Å². The SMILES string of the molecule is CCNC(Cc1ccc(Cl)cc1Cl)CC(CC)CC. The number of hydrogen-bond donors (Lipinski definition) is 1. The Kier molecular flexibility index (Phi) is 7.82. The van der Waals surface area contributed by atoms with Crippen LogP contribution in [0.4, 0.5) is 0 Å². The number of hydrogen-bond acceptors (Lipinski definition) is 1. The van der Waals surface area contributed by atoms with Crippen LogP contribution in [0, 0.1) is 5.92 Å². The van der Waals surface area contributed by atoms with Crippen LogP contribution >= 0.6 is 23.2 Å². The van der Waals surface area contributed by atoms with Gasteiger partial charge in [-0.1, -0.05) is 62.9 Å². The Labute approximate surface area is 127 Å². The van der Waals surface area contributed by atoms with Gasteiger partial charge in [-0.05, 0) is 43.0 Å². The van der Waals surface area contributed by atoms with Gasteiger partial charge in [0.05, 0.1) is 0 Å². The van der Waals surface area contributed by atoms with Crippen LogP contribution in [0.3, 0.4) is 0 Å². The molecule has 0 fully saturated rings. The Morgan fingerprint density at radius 2 is 1.79 bits per heavy atom. The molecule has 1 atom stereocenters. The maximum absolute atomic E-state index is 6.27. The zero-order chi connectivity index (χ0) is 14.3. The van der Waals surface area contributed by atoms with E-state index in [0.717, 1.165) is 23.9 Å². The van der Waals surface area contributed by atoms with E-state index in [9.17, 15) is 0 Å². The second-order valence-electron chi connectivity index (χ2n) is 5.11. The standard InChI is InChI=1S/C16H25Cl2N/c1-4-12(5-2)9-15(19-6-3)10-13-7-8-14(17)11-16(13)18/h7-8,11-12,15,19H,4-6,9-10H2,1-3H3. The van der Waals surface area contributed by atoms with E-state index in [4.69, 9.17) is 23.2 Å². The van der Waals surface area contributed by atoms with Gasteiger partial charge in [-0.25, -0.2) is 0 Å². The van der Waals surface area contributed by atoms with Crippen LogP contribution in [0.25, 0.3) is 0 Å². The van der Waals surface area contributed by atoms with Crippen LogP contribution in [0.5, 0.6) is 0 Å². The van der Waals surface area contributed by atoms with Gasteiger partial charge in [-0.2, -0.15) is 0 Å². The molecule has 0 saturated carbocycles. The molecule has 0 aliphatic rings. The zero-order valence-corrected chi connectivity index (χ0v) is 13.7. The fourth-order valence-electron chi connectivity index (χ4n) is 2.50. The Hall–Kier alpha value is -0.240. The molecule has 0 aromatic heterocycles. The van der Waals surface area contributed by atoms with Crippen LogP contribution in [-0.2, 0) is 6.42 Å². The van der Waals surface area contributed by atoms with Crippen molar-refractivity contribution in [2.75, 3.05) is 6.54 Å². The predicted octanol–water partition coefficient (Wildman–Crippen LogP) is 5.34. The van der Waals surface area contributed by atoms with Crippen molar-refractivity contribution in [1.82, 2.24) is 5.32 Å². The average Bonchev–Trinajstić information content (AvgIpc) is 2.39. The summed E-state index contributed by atoms with van der Waals surface area (Å²) in [4.78, 5) is 0. The van der Waals surface area contributed by atoms with Crippen LogP contribution in [0.2, 0.25) is 10.0 Å². The second kappa shape index (κ2) is 8.84. The quantitative estimate of drug-likeness (QED) is 0.683. The third-order valence-electron chi connectivity index (χ3n) is 3.75. The highest BCUT2D eigenvalue weighted by Crippen LogP contribution is 2.24. The highest BCUT2D eigenvalue weighted by molar-refractivity contribution is 6.35. The molecule has 0 spiro atoms. The summed E-state index contributed by atoms with van der Waals surface area (Å²) in [6.07, 6.45) is 4.67. The molecule has 0 aliphatic heterocycles. The van der Waals surface area contributed by atoms with Gasteiger partial charge in [0.2, 0.25) is 0 Å². The molecule has 1 aromatic carbocycles.